The summed E-state index contributed by atoms with van der Waals surface area (Å²) in [7, 11) is 0. The second-order valence-electron chi connectivity index (χ2n) is 4.73. The van der Waals surface area contributed by atoms with E-state index in [0.29, 0.717) is 17.8 Å². The molecular formula is C13H22O3. The minimum Gasteiger partial charge on any atom is -0.494 e. The number of hydrogen-bond acceptors (Lipinski definition) is 3. The highest BCUT2D eigenvalue weighted by atomic mass is 16.5. The Morgan fingerprint density at radius 3 is 2.50 bits per heavy atom. The van der Waals surface area contributed by atoms with Crippen molar-refractivity contribution in [1.29, 1.82) is 0 Å². The fourth-order valence-electron chi connectivity index (χ4n) is 2.04. The third-order valence-corrected chi connectivity index (χ3v) is 3.58. The molecule has 1 rings (SSSR count). The molecule has 0 aromatic carbocycles. The lowest BCUT2D eigenvalue weighted by atomic mass is 9.87. The molecule has 0 spiro atoms. The normalized spacial score (nSPS) is 30.0. The molecule has 1 heterocycles. The Balaban J connectivity index is 2.99. The molecule has 3 heteroatoms. The summed E-state index contributed by atoms with van der Waals surface area (Å²) in [6.07, 6.45) is 0.121. The molecule has 3 nitrogen and oxygen atoms in total. The SMILES string of the molecule is CC[C@H](O)[C@H](C)C1=C(C)C(=O)[C@H](C)[C@H](C)O1. The lowest BCUT2D eigenvalue weighted by Crippen LogP contribution is -2.35. The summed E-state index contributed by atoms with van der Waals surface area (Å²) in [5, 5.41) is 9.81. The van der Waals surface area contributed by atoms with E-state index in [1.54, 1.807) is 6.92 Å². The van der Waals surface area contributed by atoms with Gasteiger partial charge in [0.05, 0.1) is 12.0 Å². The van der Waals surface area contributed by atoms with Crippen molar-refractivity contribution >= 4 is 5.78 Å². The van der Waals surface area contributed by atoms with Crippen LogP contribution in [0.15, 0.2) is 11.3 Å². The maximum absolute atomic E-state index is 11.9. The number of allylic oxidation sites excluding steroid dienone is 1. The largest absolute Gasteiger partial charge is 0.494 e. The van der Waals surface area contributed by atoms with Gasteiger partial charge in [0.25, 0.3) is 0 Å². The third-order valence-electron chi connectivity index (χ3n) is 3.58. The highest BCUT2D eigenvalue weighted by molar-refractivity contribution is 5.97. The number of aliphatic hydroxyl groups excluding tert-OH is 1. The number of Topliss-reactive ketones (excluding diaryl/α,β-unsaturated/α-hetero) is 1. The Morgan fingerprint density at radius 2 is 2.00 bits per heavy atom. The van der Waals surface area contributed by atoms with E-state index >= 15 is 0 Å². The van der Waals surface area contributed by atoms with Crippen molar-refractivity contribution in [3.05, 3.63) is 11.3 Å². The van der Waals surface area contributed by atoms with Crippen LogP contribution in [0.1, 0.15) is 41.0 Å². The van der Waals surface area contributed by atoms with Gasteiger partial charge in [-0.25, -0.2) is 0 Å². The van der Waals surface area contributed by atoms with Crippen molar-refractivity contribution < 1.29 is 14.6 Å². The van der Waals surface area contributed by atoms with Crippen molar-refractivity contribution in [2.75, 3.05) is 0 Å². The van der Waals surface area contributed by atoms with E-state index in [-0.39, 0.29) is 23.7 Å². The Hall–Kier alpha value is -0.830. The second kappa shape index (κ2) is 5.00. The highest BCUT2D eigenvalue weighted by Gasteiger charge is 2.34. The average Bonchev–Trinajstić information content (AvgIpc) is 2.29. The van der Waals surface area contributed by atoms with Gasteiger partial charge in [-0.1, -0.05) is 20.8 Å². The first kappa shape index (κ1) is 13.2. The van der Waals surface area contributed by atoms with E-state index in [4.69, 9.17) is 4.74 Å². The van der Waals surface area contributed by atoms with Gasteiger partial charge in [-0.15, -0.1) is 0 Å². The molecule has 1 aliphatic rings. The maximum Gasteiger partial charge on any atom is 0.168 e. The fraction of sp³-hybridized carbons (Fsp3) is 0.769. The molecule has 16 heavy (non-hydrogen) atoms. The lowest BCUT2D eigenvalue weighted by Gasteiger charge is -2.33. The summed E-state index contributed by atoms with van der Waals surface area (Å²) in [5.41, 5.74) is 0.672. The van der Waals surface area contributed by atoms with E-state index in [1.165, 1.54) is 0 Å². The van der Waals surface area contributed by atoms with Gasteiger partial charge in [-0.3, -0.25) is 4.79 Å². The molecule has 0 radical (unpaired) electrons. The van der Waals surface area contributed by atoms with Gasteiger partial charge >= 0.3 is 0 Å². The molecule has 0 bridgehead atoms. The van der Waals surface area contributed by atoms with Gasteiger partial charge in [0.1, 0.15) is 11.9 Å². The predicted octanol–water partition coefficient (Wildman–Crippen LogP) is 2.29. The zero-order valence-corrected chi connectivity index (χ0v) is 10.8. The molecule has 0 saturated heterocycles. The van der Waals surface area contributed by atoms with Crippen LogP contribution < -0.4 is 0 Å². The maximum atomic E-state index is 11.9. The minimum atomic E-state index is -0.446. The molecule has 0 unspecified atom stereocenters. The Kier molecular flexibility index (Phi) is 4.14. The molecule has 0 saturated carbocycles. The first-order valence-corrected chi connectivity index (χ1v) is 5.99. The summed E-state index contributed by atoms with van der Waals surface area (Å²) in [5.74, 6) is 0.618. The van der Waals surface area contributed by atoms with Crippen LogP contribution in [0.5, 0.6) is 0 Å². The Labute approximate surface area is 97.5 Å². The molecule has 0 amide bonds. The molecule has 1 aliphatic heterocycles. The number of carbonyl (C=O) groups excluding carboxylic acids is 1. The van der Waals surface area contributed by atoms with Crippen molar-refractivity contribution in [3.8, 4) is 0 Å². The molecular weight excluding hydrogens is 204 g/mol. The van der Waals surface area contributed by atoms with Crippen LogP contribution in [-0.2, 0) is 9.53 Å². The summed E-state index contributed by atoms with van der Waals surface area (Å²) in [6, 6.07) is 0. The third kappa shape index (κ3) is 2.29. The summed E-state index contributed by atoms with van der Waals surface area (Å²) >= 11 is 0. The van der Waals surface area contributed by atoms with Crippen LogP contribution in [0.3, 0.4) is 0 Å². The molecule has 1 N–H and O–H groups in total. The van der Waals surface area contributed by atoms with Gasteiger partial charge < -0.3 is 9.84 Å². The van der Waals surface area contributed by atoms with Crippen LogP contribution in [-0.4, -0.2) is 23.1 Å². The average molecular weight is 226 g/mol. The Bertz CT molecular complexity index is 306. The number of hydrogen-bond donors (Lipinski definition) is 1. The van der Waals surface area contributed by atoms with Gasteiger partial charge in [-0.05, 0) is 20.3 Å². The van der Waals surface area contributed by atoms with Crippen LogP contribution in [0.2, 0.25) is 0 Å². The topological polar surface area (TPSA) is 46.5 Å². The van der Waals surface area contributed by atoms with Crippen molar-refractivity contribution in [2.24, 2.45) is 11.8 Å². The first-order chi connectivity index (χ1) is 7.40. The standard InChI is InChI=1S/C13H22O3/c1-6-11(14)8(3)13-9(4)12(15)7(2)10(5)16-13/h7-8,10-11,14H,6H2,1-5H3/t7-,8+,10+,11+/m1/s1. The first-order valence-electron chi connectivity index (χ1n) is 5.99. The van der Waals surface area contributed by atoms with Gasteiger partial charge in [0, 0.05) is 11.5 Å². The van der Waals surface area contributed by atoms with Gasteiger partial charge in [0.15, 0.2) is 5.78 Å². The van der Waals surface area contributed by atoms with E-state index in [9.17, 15) is 9.90 Å². The number of ether oxygens (including phenoxy) is 1. The lowest BCUT2D eigenvalue weighted by molar-refractivity contribution is -0.125. The molecule has 92 valence electrons. The fourth-order valence-corrected chi connectivity index (χ4v) is 2.04. The Morgan fingerprint density at radius 1 is 1.44 bits per heavy atom. The predicted molar refractivity (Wildman–Crippen MR) is 62.9 cm³/mol. The van der Waals surface area contributed by atoms with Crippen molar-refractivity contribution in [1.82, 2.24) is 0 Å². The number of aliphatic hydroxyl groups is 1. The van der Waals surface area contributed by atoms with Crippen LogP contribution in [0.4, 0.5) is 0 Å². The van der Waals surface area contributed by atoms with E-state index in [0.717, 1.165) is 0 Å². The molecule has 0 aliphatic carbocycles. The molecule has 0 aromatic rings. The van der Waals surface area contributed by atoms with Gasteiger partial charge in [0.2, 0.25) is 0 Å². The summed E-state index contributed by atoms with van der Waals surface area (Å²) in [4.78, 5) is 11.9. The van der Waals surface area contributed by atoms with Gasteiger partial charge in [-0.2, -0.15) is 0 Å². The van der Waals surface area contributed by atoms with Crippen molar-refractivity contribution in [3.63, 3.8) is 0 Å². The van der Waals surface area contributed by atoms with Crippen LogP contribution in [0, 0.1) is 11.8 Å². The number of carbonyl (C=O) groups is 1. The zero-order chi connectivity index (χ0) is 12.5. The van der Waals surface area contributed by atoms with E-state index in [1.807, 2.05) is 27.7 Å². The van der Waals surface area contributed by atoms with Crippen LogP contribution in [0.25, 0.3) is 0 Å². The summed E-state index contributed by atoms with van der Waals surface area (Å²) < 4.78 is 5.76. The van der Waals surface area contributed by atoms with Crippen molar-refractivity contribution in [2.45, 2.75) is 53.2 Å². The molecule has 0 fully saturated rings. The zero-order valence-electron chi connectivity index (χ0n) is 10.8. The second-order valence-corrected chi connectivity index (χ2v) is 4.73. The molecule has 4 atom stereocenters. The summed E-state index contributed by atoms with van der Waals surface area (Å²) in [6.45, 7) is 9.41. The molecule has 0 aromatic heterocycles. The minimum absolute atomic E-state index is 0.0882. The monoisotopic (exact) mass is 226 g/mol. The van der Waals surface area contributed by atoms with E-state index in [2.05, 4.69) is 0 Å². The number of rotatable bonds is 3. The van der Waals surface area contributed by atoms with Crippen LogP contribution >= 0.6 is 0 Å². The smallest absolute Gasteiger partial charge is 0.168 e. The highest BCUT2D eigenvalue weighted by Crippen LogP contribution is 2.31. The van der Waals surface area contributed by atoms with E-state index < -0.39 is 6.10 Å². The quantitative estimate of drug-likeness (QED) is 0.803. The number of ketones is 1.